The molecule has 0 fully saturated rings. The van der Waals surface area contributed by atoms with E-state index in [0.29, 0.717) is 0 Å². The zero-order valence-corrected chi connectivity index (χ0v) is 12.4. The lowest BCUT2D eigenvalue weighted by Crippen LogP contribution is -2.28. The van der Waals surface area contributed by atoms with Crippen molar-refractivity contribution in [2.75, 3.05) is 38.6 Å². The van der Waals surface area contributed by atoms with E-state index in [-0.39, 0.29) is 5.84 Å². The van der Waals surface area contributed by atoms with Gasteiger partial charge >= 0.3 is 0 Å². The third-order valence-electron chi connectivity index (χ3n) is 2.99. The van der Waals surface area contributed by atoms with Crippen LogP contribution in [0.25, 0.3) is 0 Å². The molecule has 0 aliphatic rings. The molecule has 0 saturated heterocycles. The van der Waals surface area contributed by atoms with Gasteiger partial charge in [-0.1, -0.05) is 0 Å². The average Bonchev–Trinajstić information content (AvgIpc) is 2.33. The van der Waals surface area contributed by atoms with Gasteiger partial charge < -0.3 is 15.5 Å². The minimum atomic E-state index is 0.0936. The van der Waals surface area contributed by atoms with Crippen molar-refractivity contribution in [2.45, 2.75) is 20.3 Å². The molecule has 0 aliphatic heterocycles. The standard InChI is InChI=1S/C14H25N5/c1-5-19(8-6-7-18(3)4)13-10-12(14(15)16)9-11(2)17-13/h9-10H,5-8H2,1-4H3,(H3,15,16). The highest BCUT2D eigenvalue weighted by Crippen LogP contribution is 2.15. The van der Waals surface area contributed by atoms with Crippen molar-refractivity contribution in [1.29, 1.82) is 5.41 Å². The van der Waals surface area contributed by atoms with E-state index in [2.05, 4.69) is 35.8 Å². The number of rotatable bonds is 7. The van der Waals surface area contributed by atoms with Gasteiger partial charge in [0.2, 0.25) is 0 Å². The van der Waals surface area contributed by atoms with Crippen molar-refractivity contribution in [3.63, 3.8) is 0 Å². The van der Waals surface area contributed by atoms with E-state index < -0.39 is 0 Å². The van der Waals surface area contributed by atoms with Crippen LogP contribution in [-0.2, 0) is 0 Å². The summed E-state index contributed by atoms with van der Waals surface area (Å²) in [5.41, 5.74) is 7.20. The predicted octanol–water partition coefficient (Wildman–Crippen LogP) is 1.45. The number of aryl methyl sites for hydroxylation is 1. The number of hydrogen-bond acceptors (Lipinski definition) is 4. The molecule has 5 nitrogen and oxygen atoms in total. The van der Waals surface area contributed by atoms with Crippen LogP contribution >= 0.6 is 0 Å². The van der Waals surface area contributed by atoms with Gasteiger partial charge in [0.25, 0.3) is 0 Å². The molecule has 1 aromatic heterocycles. The molecule has 0 saturated carbocycles. The topological polar surface area (TPSA) is 69.2 Å². The number of aromatic nitrogens is 1. The van der Waals surface area contributed by atoms with Crippen LogP contribution in [0.4, 0.5) is 5.82 Å². The Balaban J connectivity index is 2.82. The van der Waals surface area contributed by atoms with E-state index in [1.54, 1.807) is 0 Å². The quantitative estimate of drug-likeness (QED) is 0.577. The van der Waals surface area contributed by atoms with Crippen LogP contribution in [0, 0.1) is 12.3 Å². The van der Waals surface area contributed by atoms with Crippen LogP contribution in [0.5, 0.6) is 0 Å². The van der Waals surface area contributed by atoms with Gasteiger partial charge in [-0.05, 0) is 53.0 Å². The fraction of sp³-hybridized carbons (Fsp3) is 0.571. The Morgan fingerprint density at radius 3 is 2.53 bits per heavy atom. The number of anilines is 1. The minimum Gasteiger partial charge on any atom is -0.384 e. The second-order valence-electron chi connectivity index (χ2n) is 5.01. The lowest BCUT2D eigenvalue weighted by atomic mass is 10.2. The number of hydrogen-bond donors (Lipinski definition) is 2. The molecular formula is C14H25N5. The van der Waals surface area contributed by atoms with E-state index in [9.17, 15) is 0 Å². The Morgan fingerprint density at radius 2 is 2.00 bits per heavy atom. The maximum absolute atomic E-state index is 7.55. The number of nitrogen functional groups attached to an aromatic ring is 1. The summed E-state index contributed by atoms with van der Waals surface area (Å²) in [5, 5.41) is 7.55. The maximum atomic E-state index is 7.55. The fourth-order valence-electron chi connectivity index (χ4n) is 1.98. The molecule has 0 amide bonds. The number of pyridine rings is 1. The first-order chi connectivity index (χ1) is 8.93. The van der Waals surface area contributed by atoms with Crippen LogP contribution in [0.2, 0.25) is 0 Å². The van der Waals surface area contributed by atoms with Crippen LogP contribution in [0.1, 0.15) is 24.6 Å². The summed E-state index contributed by atoms with van der Waals surface area (Å²) < 4.78 is 0. The van der Waals surface area contributed by atoms with Gasteiger partial charge in [0, 0.05) is 24.3 Å². The predicted molar refractivity (Wildman–Crippen MR) is 81.0 cm³/mol. The molecule has 0 aliphatic carbocycles. The smallest absolute Gasteiger partial charge is 0.129 e. The summed E-state index contributed by atoms with van der Waals surface area (Å²) >= 11 is 0. The van der Waals surface area contributed by atoms with E-state index in [0.717, 1.165) is 43.1 Å². The van der Waals surface area contributed by atoms with Crippen molar-refractivity contribution in [2.24, 2.45) is 5.73 Å². The third kappa shape index (κ3) is 4.87. The summed E-state index contributed by atoms with van der Waals surface area (Å²) in [5.74, 6) is 1.00. The highest BCUT2D eigenvalue weighted by molar-refractivity contribution is 5.95. The summed E-state index contributed by atoms with van der Waals surface area (Å²) in [6.07, 6.45) is 1.09. The normalized spacial score (nSPS) is 10.8. The molecular weight excluding hydrogens is 238 g/mol. The molecule has 1 heterocycles. The van der Waals surface area contributed by atoms with Crippen LogP contribution in [-0.4, -0.2) is 49.4 Å². The minimum absolute atomic E-state index is 0.0936. The van der Waals surface area contributed by atoms with Crippen molar-refractivity contribution in [3.05, 3.63) is 23.4 Å². The Hall–Kier alpha value is -1.62. The monoisotopic (exact) mass is 263 g/mol. The van der Waals surface area contributed by atoms with Crippen molar-refractivity contribution in [3.8, 4) is 0 Å². The molecule has 5 heteroatoms. The largest absolute Gasteiger partial charge is 0.384 e. The van der Waals surface area contributed by atoms with Crippen LogP contribution in [0.3, 0.4) is 0 Å². The van der Waals surface area contributed by atoms with E-state index in [4.69, 9.17) is 11.1 Å². The molecule has 0 atom stereocenters. The van der Waals surface area contributed by atoms with Gasteiger partial charge in [0.15, 0.2) is 0 Å². The van der Waals surface area contributed by atoms with E-state index in [1.807, 2.05) is 19.1 Å². The number of amidine groups is 1. The maximum Gasteiger partial charge on any atom is 0.129 e. The lowest BCUT2D eigenvalue weighted by Gasteiger charge is -2.23. The Labute approximate surface area is 115 Å². The summed E-state index contributed by atoms with van der Waals surface area (Å²) in [6.45, 7) is 6.97. The molecule has 0 aromatic carbocycles. The molecule has 3 N–H and O–H groups in total. The SMILES string of the molecule is CCN(CCCN(C)C)c1cc(C(=N)N)cc(C)n1. The summed E-state index contributed by atoms with van der Waals surface area (Å²) in [4.78, 5) is 8.95. The summed E-state index contributed by atoms with van der Waals surface area (Å²) in [7, 11) is 4.16. The van der Waals surface area contributed by atoms with Gasteiger partial charge in [-0.25, -0.2) is 4.98 Å². The molecule has 1 rings (SSSR count). The van der Waals surface area contributed by atoms with Gasteiger partial charge in [0.1, 0.15) is 11.7 Å². The fourth-order valence-corrected chi connectivity index (χ4v) is 1.98. The zero-order valence-electron chi connectivity index (χ0n) is 12.4. The molecule has 1 aromatic rings. The highest BCUT2D eigenvalue weighted by atomic mass is 15.2. The first-order valence-corrected chi connectivity index (χ1v) is 6.66. The Kier molecular flexibility index (Phi) is 5.76. The van der Waals surface area contributed by atoms with Gasteiger partial charge in [-0.3, -0.25) is 5.41 Å². The Morgan fingerprint density at radius 1 is 1.32 bits per heavy atom. The molecule has 0 bridgehead atoms. The molecule has 0 unspecified atom stereocenters. The van der Waals surface area contributed by atoms with Crippen molar-refractivity contribution in [1.82, 2.24) is 9.88 Å². The van der Waals surface area contributed by atoms with Crippen LogP contribution in [0.15, 0.2) is 12.1 Å². The second kappa shape index (κ2) is 7.09. The van der Waals surface area contributed by atoms with Gasteiger partial charge in [-0.2, -0.15) is 0 Å². The third-order valence-corrected chi connectivity index (χ3v) is 2.99. The second-order valence-corrected chi connectivity index (χ2v) is 5.01. The van der Waals surface area contributed by atoms with Crippen molar-refractivity contribution >= 4 is 11.7 Å². The summed E-state index contributed by atoms with van der Waals surface area (Å²) in [6, 6.07) is 3.74. The lowest BCUT2D eigenvalue weighted by molar-refractivity contribution is 0.400. The van der Waals surface area contributed by atoms with E-state index in [1.165, 1.54) is 0 Å². The number of nitrogens with two attached hydrogens (primary N) is 1. The molecule has 19 heavy (non-hydrogen) atoms. The zero-order chi connectivity index (χ0) is 14.4. The number of nitrogens with zero attached hydrogens (tertiary/aromatic N) is 3. The average molecular weight is 263 g/mol. The highest BCUT2D eigenvalue weighted by Gasteiger charge is 2.09. The molecule has 0 spiro atoms. The first-order valence-electron chi connectivity index (χ1n) is 6.66. The van der Waals surface area contributed by atoms with Gasteiger partial charge in [-0.15, -0.1) is 0 Å². The molecule has 0 radical (unpaired) electrons. The van der Waals surface area contributed by atoms with E-state index >= 15 is 0 Å². The van der Waals surface area contributed by atoms with Gasteiger partial charge in [0.05, 0.1) is 0 Å². The number of nitrogens with one attached hydrogen (secondary N) is 1. The Bertz CT molecular complexity index is 428. The first kappa shape index (κ1) is 15.4. The van der Waals surface area contributed by atoms with Crippen molar-refractivity contribution < 1.29 is 0 Å². The molecule has 106 valence electrons. The van der Waals surface area contributed by atoms with Crippen LogP contribution < -0.4 is 10.6 Å².